The van der Waals surface area contributed by atoms with Gasteiger partial charge in [-0.3, -0.25) is 10.1 Å². The van der Waals surface area contributed by atoms with E-state index >= 15 is 0 Å². The summed E-state index contributed by atoms with van der Waals surface area (Å²) < 4.78 is 6.78. The number of nitrogens with zero attached hydrogens (tertiary/aromatic N) is 4. The molecular formula is C15H17N5O2S. The van der Waals surface area contributed by atoms with Gasteiger partial charge in [0.25, 0.3) is 5.91 Å². The Morgan fingerprint density at radius 3 is 2.78 bits per heavy atom. The number of carbonyl (C=O) groups is 1. The lowest BCUT2D eigenvalue weighted by atomic mass is 10.2. The number of anilines is 1. The van der Waals surface area contributed by atoms with Gasteiger partial charge in [0.15, 0.2) is 5.82 Å². The number of aryl methyl sites for hydroxylation is 1. The average molecular weight is 331 g/mol. The molecule has 0 aliphatic heterocycles. The summed E-state index contributed by atoms with van der Waals surface area (Å²) in [6.45, 7) is 2.12. The van der Waals surface area contributed by atoms with Crippen molar-refractivity contribution >= 4 is 27.3 Å². The van der Waals surface area contributed by atoms with E-state index in [1.54, 1.807) is 35.9 Å². The van der Waals surface area contributed by atoms with Crippen molar-refractivity contribution < 1.29 is 9.53 Å². The zero-order chi connectivity index (χ0) is 16.2. The third-order valence-electron chi connectivity index (χ3n) is 3.38. The number of hydrogen-bond donors (Lipinski definition) is 1. The molecular weight excluding hydrogens is 314 g/mol. The molecule has 1 N–H and O–H groups in total. The van der Waals surface area contributed by atoms with Crippen LogP contribution in [-0.2, 0) is 6.42 Å². The summed E-state index contributed by atoms with van der Waals surface area (Å²) in [5, 5.41) is 15.9. The lowest BCUT2D eigenvalue weighted by Gasteiger charge is -2.03. The number of hydrogen-bond acceptors (Lipinski definition) is 6. The number of ether oxygens (including phenoxy) is 1. The fourth-order valence-corrected chi connectivity index (χ4v) is 2.86. The Labute approximate surface area is 137 Å². The molecule has 0 unspecified atom stereocenters. The molecule has 23 heavy (non-hydrogen) atoms. The zero-order valence-electron chi connectivity index (χ0n) is 12.9. The van der Waals surface area contributed by atoms with Crippen molar-refractivity contribution in [2.24, 2.45) is 0 Å². The Hall–Kier alpha value is -2.48. The fourth-order valence-electron chi connectivity index (χ4n) is 2.11. The number of methoxy groups -OCH3 is 1. The van der Waals surface area contributed by atoms with Gasteiger partial charge in [0, 0.05) is 12.0 Å². The van der Waals surface area contributed by atoms with E-state index in [4.69, 9.17) is 4.74 Å². The summed E-state index contributed by atoms with van der Waals surface area (Å²) in [7, 11) is 1.59. The van der Waals surface area contributed by atoms with Gasteiger partial charge in [0.1, 0.15) is 5.75 Å². The molecule has 2 heterocycles. The minimum Gasteiger partial charge on any atom is -0.497 e. The maximum absolute atomic E-state index is 12.2. The second kappa shape index (κ2) is 6.74. The Kier molecular flexibility index (Phi) is 4.52. The summed E-state index contributed by atoms with van der Waals surface area (Å²) >= 11 is 1.30. The van der Waals surface area contributed by atoms with E-state index < -0.39 is 0 Å². The van der Waals surface area contributed by atoms with Crippen LogP contribution < -0.4 is 10.1 Å². The summed E-state index contributed by atoms with van der Waals surface area (Å²) in [6, 6.07) is 6.91. The van der Waals surface area contributed by atoms with Crippen molar-refractivity contribution in [3.8, 4) is 5.75 Å². The molecule has 0 atom stereocenters. The van der Waals surface area contributed by atoms with Gasteiger partial charge in [-0.1, -0.05) is 24.7 Å². The molecule has 7 nitrogen and oxygen atoms in total. The molecule has 3 aromatic rings. The highest BCUT2D eigenvalue weighted by Gasteiger charge is 2.14. The van der Waals surface area contributed by atoms with Crippen LogP contribution in [0.15, 0.2) is 24.3 Å². The lowest BCUT2D eigenvalue weighted by Crippen LogP contribution is -2.12. The first-order valence-corrected chi connectivity index (χ1v) is 8.19. The summed E-state index contributed by atoms with van der Waals surface area (Å²) in [6.07, 6.45) is 2.94. The van der Waals surface area contributed by atoms with E-state index in [2.05, 4.69) is 27.5 Å². The standard InChI is InChI=1S/C15H17N5O2S/c1-3-4-5-12-17-18-15-20(12)19-14(23-15)16-13(21)10-6-8-11(22-2)9-7-10/h6-9H,3-5H2,1-2H3,(H,16,19,21). The normalized spacial score (nSPS) is 10.9. The van der Waals surface area contributed by atoms with Crippen LogP contribution in [0, 0.1) is 0 Å². The van der Waals surface area contributed by atoms with Crippen LogP contribution in [-0.4, -0.2) is 32.8 Å². The van der Waals surface area contributed by atoms with Gasteiger partial charge in [-0.05, 0) is 30.7 Å². The molecule has 0 saturated carbocycles. The molecule has 2 aromatic heterocycles. The van der Waals surface area contributed by atoms with Crippen LogP contribution >= 0.6 is 11.3 Å². The molecule has 0 bridgehead atoms. The van der Waals surface area contributed by atoms with E-state index in [1.165, 1.54) is 11.3 Å². The Balaban J connectivity index is 1.75. The summed E-state index contributed by atoms with van der Waals surface area (Å²) in [5.41, 5.74) is 0.544. The van der Waals surface area contributed by atoms with Crippen LogP contribution in [0.1, 0.15) is 35.9 Å². The molecule has 0 saturated heterocycles. The predicted molar refractivity (Wildman–Crippen MR) is 88.2 cm³/mol. The van der Waals surface area contributed by atoms with Gasteiger partial charge >= 0.3 is 0 Å². The molecule has 8 heteroatoms. The number of fused-ring (bicyclic) bond motifs is 1. The van der Waals surface area contributed by atoms with E-state index in [1.807, 2.05) is 0 Å². The van der Waals surface area contributed by atoms with Crippen LogP contribution in [0.2, 0.25) is 0 Å². The van der Waals surface area contributed by atoms with Crippen molar-refractivity contribution in [2.75, 3.05) is 12.4 Å². The third kappa shape index (κ3) is 3.31. The third-order valence-corrected chi connectivity index (χ3v) is 4.20. The highest BCUT2D eigenvalue weighted by atomic mass is 32.1. The molecule has 1 aromatic carbocycles. The first-order chi connectivity index (χ1) is 11.2. The topological polar surface area (TPSA) is 81.4 Å². The number of carbonyl (C=O) groups excluding carboxylic acids is 1. The number of nitrogens with one attached hydrogen (secondary N) is 1. The Morgan fingerprint density at radius 2 is 2.09 bits per heavy atom. The van der Waals surface area contributed by atoms with Gasteiger partial charge < -0.3 is 4.74 Å². The number of rotatable bonds is 6. The lowest BCUT2D eigenvalue weighted by molar-refractivity contribution is 0.102. The van der Waals surface area contributed by atoms with Gasteiger partial charge in [-0.2, -0.15) is 4.52 Å². The molecule has 0 radical (unpaired) electrons. The Morgan fingerprint density at radius 1 is 1.30 bits per heavy atom. The number of unbranched alkanes of at least 4 members (excludes halogenated alkanes) is 1. The number of aromatic nitrogens is 4. The van der Waals surface area contributed by atoms with Crippen molar-refractivity contribution in [3.63, 3.8) is 0 Å². The van der Waals surface area contributed by atoms with Gasteiger partial charge in [0.2, 0.25) is 10.1 Å². The molecule has 0 fully saturated rings. The smallest absolute Gasteiger partial charge is 0.257 e. The van der Waals surface area contributed by atoms with E-state index in [-0.39, 0.29) is 5.91 Å². The quantitative estimate of drug-likeness (QED) is 0.751. The van der Waals surface area contributed by atoms with Crippen LogP contribution in [0.5, 0.6) is 5.75 Å². The summed E-state index contributed by atoms with van der Waals surface area (Å²) in [5.74, 6) is 1.32. The van der Waals surface area contributed by atoms with E-state index in [0.29, 0.717) is 21.4 Å². The minimum absolute atomic E-state index is 0.215. The van der Waals surface area contributed by atoms with Crippen molar-refractivity contribution in [1.29, 1.82) is 0 Å². The van der Waals surface area contributed by atoms with Crippen LogP contribution in [0.4, 0.5) is 5.13 Å². The van der Waals surface area contributed by atoms with Gasteiger partial charge in [0.05, 0.1) is 7.11 Å². The summed E-state index contributed by atoms with van der Waals surface area (Å²) in [4.78, 5) is 12.9. The molecule has 0 aliphatic rings. The molecule has 0 aliphatic carbocycles. The largest absolute Gasteiger partial charge is 0.497 e. The maximum atomic E-state index is 12.2. The van der Waals surface area contributed by atoms with Crippen molar-refractivity contribution in [1.82, 2.24) is 19.8 Å². The molecule has 120 valence electrons. The average Bonchev–Trinajstić information content (AvgIpc) is 3.13. The first-order valence-electron chi connectivity index (χ1n) is 7.37. The highest BCUT2D eigenvalue weighted by Crippen LogP contribution is 2.20. The zero-order valence-corrected chi connectivity index (χ0v) is 13.8. The van der Waals surface area contributed by atoms with Crippen LogP contribution in [0.25, 0.3) is 4.96 Å². The fraction of sp³-hybridized carbons (Fsp3) is 0.333. The van der Waals surface area contributed by atoms with E-state index in [9.17, 15) is 4.79 Å². The number of benzene rings is 1. The monoisotopic (exact) mass is 331 g/mol. The van der Waals surface area contributed by atoms with Crippen molar-refractivity contribution in [2.45, 2.75) is 26.2 Å². The van der Waals surface area contributed by atoms with Crippen molar-refractivity contribution in [3.05, 3.63) is 35.7 Å². The predicted octanol–water partition coefficient (Wildman–Crippen LogP) is 2.79. The molecule has 0 spiro atoms. The minimum atomic E-state index is -0.215. The molecule has 1 amide bonds. The number of amides is 1. The highest BCUT2D eigenvalue weighted by molar-refractivity contribution is 7.20. The van der Waals surface area contributed by atoms with Gasteiger partial charge in [-0.25, -0.2) is 0 Å². The SMILES string of the molecule is CCCCc1nnc2sc(NC(=O)c3ccc(OC)cc3)nn12. The van der Waals surface area contributed by atoms with E-state index in [0.717, 1.165) is 25.1 Å². The van der Waals surface area contributed by atoms with Gasteiger partial charge in [-0.15, -0.1) is 15.3 Å². The Bertz CT molecular complexity index is 809. The second-order valence-corrected chi connectivity index (χ2v) is 5.96. The second-order valence-electron chi connectivity index (χ2n) is 5.00. The first kappa shape index (κ1) is 15.4. The van der Waals surface area contributed by atoms with Crippen LogP contribution in [0.3, 0.4) is 0 Å². The maximum Gasteiger partial charge on any atom is 0.257 e. The molecule has 3 rings (SSSR count).